The molecule has 0 aliphatic carbocycles. The summed E-state index contributed by atoms with van der Waals surface area (Å²) in [5.74, 6) is -4.71. The fourth-order valence-electron chi connectivity index (χ4n) is 3.04. The van der Waals surface area contributed by atoms with Gasteiger partial charge in [-0.25, -0.2) is 4.79 Å². The number of nitrogens with zero attached hydrogens (tertiary/aromatic N) is 1. The normalized spacial score (nSPS) is 19.4. The largest absolute Gasteiger partial charge is 0.481 e. The number of carbonyl (C=O) groups is 5. The average molecular weight is 400 g/mol. The van der Waals surface area contributed by atoms with Crippen molar-refractivity contribution in [1.82, 2.24) is 15.5 Å². The van der Waals surface area contributed by atoms with Crippen LogP contribution in [0.1, 0.15) is 39.5 Å². The number of amides is 3. The summed E-state index contributed by atoms with van der Waals surface area (Å²) in [6.07, 6.45) is 0.670. The first-order valence-electron chi connectivity index (χ1n) is 9.17. The molecule has 1 saturated heterocycles. The Labute approximate surface area is 162 Å². The first kappa shape index (κ1) is 23.3. The lowest BCUT2D eigenvalue weighted by Gasteiger charge is -2.31. The second-order valence-corrected chi connectivity index (χ2v) is 6.82. The highest BCUT2D eigenvalue weighted by atomic mass is 16.4. The molecule has 4 atom stereocenters. The molecule has 0 aromatic rings. The topological polar surface area (TPSA) is 179 Å². The Morgan fingerprint density at radius 1 is 1.18 bits per heavy atom. The molecule has 1 aliphatic rings. The van der Waals surface area contributed by atoms with Gasteiger partial charge in [-0.15, -0.1) is 0 Å². The molecule has 4 unspecified atom stereocenters. The van der Waals surface area contributed by atoms with E-state index in [0.717, 1.165) is 0 Å². The maximum absolute atomic E-state index is 13.0. The van der Waals surface area contributed by atoms with Gasteiger partial charge in [-0.3, -0.25) is 19.2 Å². The van der Waals surface area contributed by atoms with Crippen LogP contribution >= 0.6 is 0 Å². The quantitative estimate of drug-likeness (QED) is 0.294. The lowest BCUT2D eigenvalue weighted by Crippen LogP contribution is -2.57. The van der Waals surface area contributed by atoms with E-state index < -0.39 is 54.2 Å². The van der Waals surface area contributed by atoms with Gasteiger partial charge in [0.1, 0.15) is 18.1 Å². The van der Waals surface area contributed by atoms with Gasteiger partial charge in [-0.2, -0.15) is 0 Å². The fraction of sp³-hybridized carbons (Fsp3) is 0.706. The fourth-order valence-corrected chi connectivity index (χ4v) is 3.04. The molecule has 0 bridgehead atoms. The second kappa shape index (κ2) is 10.6. The number of hydrogen-bond acceptors (Lipinski definition) is 6. The molecular weight excluding hydrogens is 372 g/mol. The number of rotatable bonds is 10. The minimum absolute atomic E-state index is 0.203. The second-order valence-electron chi connectivity index (χ2n) is 6.82. The number of hydrogen-bond donors (Lipinski definition) is 5. The molecule has 0 radical (unpaired) electrons. The highest BCUT2D eigenvalue weighted by molar-refractivity contribution is 5.94. The van der Waals surface area contributed by atoms with Crippen LogP contribution in [0.25, 0.3) is 0 Å². The van der Waals surface area contributed by atoms with Gasteiger partial charge >= 0.3 is 11.9 Å². The van der Waals surface area contributed by atoms with Crippen molar-refractivity contribution >= 4 is 29.7 Å². The number of aliphatic carboxylic acids is 2. The molecular formula is C17H28N4O7. The monoisotopic (exact) mass is 400 g/mol. The maximum Gasteiger partial charge on any atom is 0.326 e. The van der Waals surface area contributed by atoms with Crippen molar-refractivity contribution in [3.05, 3.63) is 0 Å². The van der Waals surface area contributed by atoms with Crippen molar-refractivity contribution in [3.8, 4) is 0 Å². The van der Waals surface area contributed by atoms with Crippen LogP contribution in [0.3, 0.4) is 0 Å². The van der Waals surface area contributed by atoms with Crippen molar-refractivity contribution in [2.24, 2.45) is 11.7 Å². The predicted octanol–water partition coefficient (Wildman–Crippen LogP) is -1.49. The van der Waals surface area contributed by atoms with E-state index >= 15 is 0 Å². The van der Waals surface area contributed by atoms with Crippen molar-refractivity contribution < 1.29 is 34.2 Å². The van der Waals surface area contributed by atoms with Crippen LogP contribution in [-0.2, 0) is 24.0 Å². The zero-order valence-electron chi connectivity index (χ0n) is 16.0. The number of nitrogens with two attached hydrogens (primary N) is 1. The first-order chi connectivity index (χ1) is 13.1. The summed E-state index contributed by atoms with van der Waals surface area (Å²) in [6, 6.07) is -3.38. The van der Waals surface area contributed by atoms with E-state index in [1.165, 1.54) is 4.90 Å². The minimum atomic E-state index is -1.59. The van der Waals surface area contributed by atoms with E-state index in [9.17, 15) is 24.0 Å². The number of likely N-dealkylation sites (tertiary alicyclic amines) is 1. The highest BCUT2D eigenvalue weighted by Crippen LogP contribution is 2.21. The summed E-state index contributed by atoms with van der Waals surface area (Å²) < 4.78 is 0. The molecule has 28 heavy (non-hydrogen) atoms. The third-order valence-electron chi connectivity index (χ3n) is 4.81. The third-order valence-corrected chi connectivity index (χ3v) is 4.81. The molecule has 1 heterocycles. The van der Waals surface area contributed by atoms with E-state index in [-0.39, 0.29) is 19.0 Å². The van der Waals surface area contributed by atoms with E-state index in [1.807, 2.05) is 6.92 Å². The molecule has 11 heteroatoms. The van der Waals surface area contributed by atoms with Gasteiger partial charge in [0.2, 0.25) is 17.7 Å². The van der Waals surface area contributed by atoms with Gasteiger partial charge in [0, 0.05) is 6.54 Å². The molecule has 6 N–H and O–H groups in total. The summed E-state index contributed by atoms with van der Waals surface area (Å²) in [5.41, 5.74) is 5.31. The first-order valence-corrected chi connectivity index (χ1v) is 9.17. The molecule has 0 aromatic carbocycles. The average Bonchev–Trinajstić information content (AvgIpc) is 3.13. The van der Waals surface area contributed by atoms with Gasteiger partial charge < -0.3 is 31.5 Å². The molecule has 158 valence electrons. The highest BCUT2D eigenvalue weighted by Gasteiger charge is 2.40. The molecule has 3 amide bonds. The lowest BCUT2D eigenvalue weighted by molar-refractivity contribution is -0.148. The Kier molecular flexibility index (Phi) is 8.83. The zero-order valence-corrected chi connectivity index (χ0v) is 16.0. The maximum atomic E-state index is 13.0. The minimum Gasteiger partial charge on any atom is -0.481 e. The summed E-state index contributed by atoms with van der Waals surface area (Å²) >= 11 is 0. The van der Waals surface area contributed by atoms with Crippen LogP contribution in [0.5, 0.6) is 0 Å². The summed E-state index contributed by atoms with van der Waals surface area (Å²) in [4.78, 5) is 60.5. The number of carboxylic acid groups (broad SMARTS) is 2. The van der Waals surface area contributed by atoms with Crippen molar-refractivity contribution in [1.29, 1.82) is 0 Å². The van der Waals surface area contributed by atoms with Crippen LogP contribution in [0, 0.1) is 5.92 Å². The number of nitrogens with one attached hydrogen (secondary N) is 2. The Morgan fingerprint density at radius 2 is 1.82 bits per heavy atom. The third kappa shape index (κ3) is 6.19. The van der Waals surface area contributed by atoms with Crippen molar-refractivity contribution in [2.45, 2.75) is 57.7 Å². The molecule has 0 spiro atoms. The van der Waals surface area contributed by atoms with Gasteiger partial charge in [-0.1, -0.05) is 20.3 Å². The van der Waals surface area contributed by atoms with Crippen LogP contribution in [0.4, 0.5) is 0 Å². The molecule has 0 aromatic heterocycles. The Balaban J connectivity index is 2.94. The molecule has 11 nitrogen and oxygen atoms in total. The SMILES string of the molecule is CCC(C)C(NC(=O)CN)C(=O)N1CCCC1C(=O)NC(CC(=O)O)C(=O)O. The van der Waals surface area contributed by atoms with Crippen LogP contribution in [0.15, 0.2) is 0 Å². The van der Waals surface area contributed by atoms with Gasteiger partial charge in [0.25, 0.3) is 0 Å². The van der Waals surface area contributed by atoms with Crippen LogP contribution < -0.4 is 16.4 Å². The molecule has 1 rings (SSSR count). The molecule has 1 fully saturated rings. The van der Waals surface area contributed by atoms with Crippen LogP contribution in [0.2, 0.25) is 0 Å². The Hall–Kier alpha value is -2.69. The number of carbonyl (C=O) groups excluding carboxylic acids is 3. The van der Waals surface area contributed by atoms with E-state index in [1.54, 1.807) is 6.92 Å². The van der Waals surface area contributed by atoms with Crippen molar-refractivity contribution in [3.63, 3.8) is 0 Å². The predicted molar refractivity (Wildman–Crippen MR) is 97.0 cm³/mol. The van der Waals surface area contributed by atoms with E-state index in [4.69, 9.17) is 15.9 Å². The van der Waals surface area contributed by atoms with E-state index in [2.05, 4.69) is 10.6 Å². The van der Waals surface area contributed by atoms with Crippen LogP contribution in [-0.4, -0.2) is 76.0 Å². The van der Waals surface area contributed by atoms with Gasteiger partial charge in [0.15, 0.2) is 0 Å². The summed E-state index contributed by atoms with van der Waals surface area (Å²) in [5, 5.41) is 22.6. The van der Waals surface area contributed by atoms with E-state index in [0.29, 0.717) is 19.3 Å². The lowest BCUT2D eigenvalue weighted by atomic mass is 9.97. The molecule has 1 aliphatic heterocycles. The molecule has 0 saturated carbocycles. The van der Waals surface area contributed by atoms with Gasteiger partial charge in [-0.05, 0) is 18.8 Å². The Morgan fingerprint density at radius 3 is 2.32 bits per heavy atom. The number of carboxylic acids is 2. The Bertz CT molecular complexity index is 625. The van der Waals surface area contributed by atoms with Crippen molar-refractivity contribution in [2.75, 3.05) is 13.1 Å². The summed E-state index contributed by atoms with van der Waals surface area (Å²) in [6.45, 7) is 3.65. The van der Waals surface area contributed by atoms with Gasteiger partial charge in [0.05, 0.1) is 13.0 Å². The zero-order chi connectivity index (χ0) is 21.4. The standard InChI is InChI=1S/C17H28N4O7/c1-3-9(2)14(20-12(22)8-18)16(26)21-6-4-5-11(21)15(25)19-10(17(27)28)7-13(23)24/h9-11,14H,3-8,18H2,1-2H3,(H,19,25)(H,20,22)(H,23,24)(H,27,28). The smallest absolute Gasteiger partial charge is 0.326 e. The summed E-state index contributed by atoms with van der Waals surface area (Å²) in [7, 11) is 0.